The molecule has 0 saturated carbocycles. The predicted molar refractivity (Wildman–Crippen MR) is 95.4 cm³/mol. The molecule has 1 aromatic heterocycles. The zero-order valence-electron chi connectivity index (χ0n) is 13.3. The Hall–Kier alpha value is -2.17. The number of ether oxygens (including phenoxy) is 2. The fourth-order valence-corrected chi connectivity index (χ4v) is 2.33. The van der Waals surface area contributed by atoms with Gasteiger partial charge in [-0.25, -0.2) is 14.4 Å². The molecule has 0 aliphatic rings. The third kappa shape index (κ3) is 4.66. The zero-order chi connectivity index (χ0) is 18.3. The van der Waals surface area contributed by atoms with E-state index in [1.165, 1.54) is 12.3 Å². The normalized spacial score (nSPS) is 11.0. The molecule has 0 aliphatic heterocycles. The SMILES string of the molecule is C=CCn1c(=O)c(I)cn(/C(=C/C(=O)OCC)C(=O)OCC)c1=O. The van der Waals surface area contributed by atoms with E-state index in [1.807, 2.05) is 0 Å². The van der Waals surface area contributed by atoms with Gasteiger partial charge in [0.15, 0.2) is 0 Å². The molecular weight excluding hydrogens is 431 g/mol. The molecule has 1 aromatic rings. The van der Waals surface area contributed by atoms with E-state index in [9.17, 15) is 19.2 Å². The molecule has 0 unspecified atom stereocenters. The Morgan fingerprint density at radius 2 is 1.88 bits per heavy atom. The zero-order valence-corrected chi connectivity index (χ0v) is 15.4. The summed E-state index contributed by atoms with van der Waals surface area (Å²) in [5.74, 6) is -1.68. The highest BCUT2D eigenvalue weighted by molar-refractivity contribution is 14.1. The van der Waals surface area contributed by atoms with Gasteiger partial charge < -0.3 is 9.47 Å². The number of carbonyl (C=O) groups is 2. The number of esters is 2. The average Bonchev–Trinajstić information content (AvgIpc) is 2.53. The number of halogens is 1. The maximum absolute atomic E-state index is 12.5. The molecule has 0 fully saturated rings. The van der Waals surface area contributed by atoms with Crippen LogP contribution in [0.3, 0.4) is 0 Å². The van der Waals surface area contributed by atoms with Gasteiger partial charge in [-0.15, -0.1) is 6.58 Å². The van der Waals surface area contributed by atoms with E-state index in [1.54, 1.807) is 36.4 Å². The van der Waals surface area contributed by atoms with Crippen molar-refractivity contribution < 1.29 is 19.1 Å². The second kappa shape index (κ2) is 9.21. The maximum atomic E-state index is 12.5. The maximum Gasteiger partial charge on any atom is 0.355 e. The molecule has 24 heavy (non-hydrogen) atoms. The van der Waals surface area contributed by atoms with Crippen LogP contribution in [0.15, 0.2) is 34.5 Å². The van der Waals surface area contributed by atoms with E-state index in [2.05, 4.69) is 6.58 Å². The van der Waals surface area contributed by atoms with Crippen molar-refractivity contribution in [3.05, 3.63) is 49.3 Å². The molecule has 0 bridgehead atoms. The molecule has 0 aliphatic carbocycles. The minimum atomic E-state index is -0.882. The Balaban J connectivity index is 3.62. The number of allylic oxidation sites excluding steroid dienone is 1. The smallest absolute Gasteiger partial charge is 0.355 e. The minimum Gasteiger partial charge on any atom is -0.463 e. The first-order chi connectivity index (χ1) is 11.4. The van der Waals surface area contributed by atoms with Crippen LogP contribution in [0.25, 0.3) is 5.70 Å². The van der Waals surface area contributed by atoms with Gasteiger partial charge in [0.1, 0.15) is 5.70 Å². The summed E-state index contributed by atoms with van der Waals surface area (Å²) in [5.41, 5.74) is -1.64. The largest absolute Gasteiger partial charge is 0.463 e. The molecular formula is C15H17IN2O6. The van der Waals surface area contributed by atoms with E-state index in [4.69, 9.17) is 9.47 Å². The number of hydrogen-bond donors (Lipinski definition) is 0. The average molecular weight is 448 g/mol. The van der Waals surface area contributed by atoms with Crippen molar-refractivity contribution in [2.24, 2.45) is 0 Å². The first kappa shape index (κ1) is 19.9. The van der Waals surface area contributed by atoms with Crippen molar-refractivity contribution in [2.45, 2.75) is 20.4 Å². The fourth-order valence-electron chi connectivity index (χ4n) is 1.76. The van der Waals surface area contributed by atoms with Crippen molar-refractivity contribution in [3.8, 4) is 0 Å². The number of hydrogen-bond acceptors (Lipinski definition) is 6. The number of carbonyl (C=O) groups excluding carboxylic acids is 2. The van der Waals surface area contributed by atoms with E-state index in [0.717, 1.165) is 15.2 Å². The van der Waals surface area contributed by atoms with Crippen molar-refractivity contribution in [1.82, 2.24) is 9.13 Å². The van der Waals surface area contributed by atoms with Crippen LogP contribution in [-0.2, 0) is 25.6 Å². The van der Waals surface area contributed by atoms with E-state index < -0.39 is 23.2 Å². The van der Waals surface area contributed by atoms with Crippen LogP contribution in [0.2, 0.25) is 0 Å². The Bertz CT molecular complexity index is 790. The summed E-state index contributed by atoms with van der Waals surface area (Å²) in [6.45, 7) is 6.80. The minimum absolute atomic E-state index is 0.0377. The van der Waals surface area contributed by atoms with Gasteiger partial charge in [-0.1, -0.05) is 6.08 Å². The Kier molecular flexibility index (Phi) is 7.62. The van der Waals surface area contributed by atoms with Crippen molar-refractivity contribution in [1.29, 1.82) is 0 Å². The highest BCUT2D eigenvalue weighted by Gasteiger charge is 2.20. The van der Waals surface area contributed by atoms with Crippen molar-refractivity contribution in [3.63, 3.8) is 0 Å². The van der Waals surface area contributed by atoms with Crippen molar-refractivity contribution >= 4 is 40.2 Å². The molecule has 0 spiro atoms. The lowest BCUT2D eigenvalue weighted by molar-refractivity contribution is -0.139. The predicted octanol–water partition coefficient (Wildman–Crippen LogP) is 0.768. The Labute approximate surface area is 151 Å². The van der Waals surface area contributed by atoms with Gasteiger partial charge in [-0.05, 0) is 36.4 Å². The first-order valence-corrected chi connectivity index (χ1v) is 8.14. The quantitative estimate of drug-likeness (QED) is 0.265. The summed E-state index contributed by atoms with van der Waals surface area (Å²) >= 11 is 1.74. The molecule has 0 N–H and O–H groups in total. The summed E-state index contributed by atoms with van der Waals surface area (Å²) in [4.78, 5) is 48.4. The summed E-state index contributed by atoms with van der Waals surface area (Å²) in [5, 5.41) is 0. The second-order valence-electron chi connectivity index (χ2n) is 4.34. The summed E-state index contributed by atoms with van der Waals surface area (Å²) in [6.07, 6.45) is 3.41. The molecule has 0 atom stereocenters. The lowest BCUT2D eigenvalue weighted by Gasteiger charge is -2.12. The van der Waals surface area contributed by atoms with E-state index in [0.29, 0.717) is 0 Å². The van der Waals surface area contributed by atoms with Crippen LogP contribution in [0.1, 0.15) is 13.8 Å². The van der Waals surface area contributed by atoms with Crippen LogP contribution < -0.4 is 11.2 Å². The van der Waals surface area contributed by atoms with Gasteiger partial charge in [-0.3, -0.25) is 13.9 Å². The number of aromatic nitrogens is 2. The molecule has 0 aromatic carbocycles. The fraction of sp³-hybridized carbons (Fsp3) is 0.333. The van der Waals surface area contributed by atoms with Crippen LogP contribution in [0, 0.1) is 3.57 Å². The molecule has 0 radical (unpaired) electrons. The molecule has 130 valence electrons. The summed E-state index contributed by atoms with van der Waals surface area (Å²) in [7, 11) is 0. The standard InChI is InChI=1S/C15H17IN2O6/c1-4-7-17-13(20)10(16)9-18(15(17)22)11(14(21)24-6-3)8-12(19)23-5-2/h4,8-9H,1,5-7H2,2-3H3/b11-8+. The third-order valence-electron chi connectivity index (χ3n) is 2.73. The van der Waals surface area contributed by atoms with Gasteiger partial charge in [0.25, 0.3) is 5.56 Å². The monoisotopic (exact) mass is 448 g/mol. The van der Waals surface area contributed by atoms with Crippen LogP contribution in [-0.4, -0.2) is 34.3 Å². The number of rotatable bonds is 7. The molecule has 8 nitrogen and oxygen atoms in total. The second-order valence-corrected chi connectivity index (χ2v) is 5.50. The Morgan fingerprint density at radius 3 is 2.42 bits per heavy atom. The van der Waals surface area contributed by atoms with Crippen molar-refractivity contribution in [2.75, 3.05) is 13.2 Å². The first-order valence-electron chi connectivity index (χ1n) is 7.06. The molecule has 0 saturated heterocycles. The van der Waals surface area contributed by atoms with Gasteiger partial charge in [-0.2, -0.15) is 0 Å². The molecule has 9 heteroatoms. The van der Waals surface area contributed by atoms with Gasteiger partial charge in [0.2, 0.25) is 0 Å². The van der Waals surface area contributed by atoms with Gasteiger partial charge in [0, 0.05) is 12.7 Å². The van der Waals surface area contributed by atoms with Crippen LogP contribution in [0.5, 0.6) is 0 Å². The van der Waals surface area contributed by atoms with E-state index in [-0.39, 0.29) is 29.0 Å². The van der Waals surface area contributed by atoms with Crippen LogP contribution in [0.4, 0.5) is 0 Å². The number of nitrogens with zero attached hydrogens (tertiary/aromatic N) is 2. The molecule has 0 amide bonds. The summed E-state index contributed by atoms with van der Waals surface area (Å²) < 4.78 is 11.6. The lowest BCUT2D eigenvalue weighted by Crippen LogP contribution is -2.41. The third-order valence-corrected chi connectivity index (χ3v) is 3.47. The molecule has 1 heterocycles. The van der Waals surface area contributed by atoms with Gasteiger partial charge in [0.05, 0.1) is 22.9 Å². The summed E-state index contributed by atoms with van der Waals surface area (Å²) in [6, 6.07) is 0. The lowest BCUT2D eigenvalue weighted by atomic mass is 10.3. The highest BCUT2D eigenvalue weighted by Crippen LogP contribution is 2.07. The van der Waals surface area contributed by atoms with Gasteiger partial charge >= 0.3 is 17.6 Å². The molecule has 1 rings (SSSR count). The Morgan fingerprint density at radius 1 is 1.25 bits per heavy atom. The highest BCUT2D eigenvalue weighted by atomic mass is 127. The van der Waals surface area contributed by atoms with E-state index >= 15 is 0 Å². The van der Waals surface area contributed by atoms with Crippen LogP contribution >= 0.6 is 22.6 Å². The topological polar surface area (TPSA) is 96.6 Å².